The maximum Gasteiger partial charge on any atom is 0.416 e. The number of benzene rings is 2. The summed E-state index contributed by atoms with van der Waals surface area (Å²) in [6.07, 6.45) is -9.58. The summed E-state index contributed by atoms with van der Waals surface area (Å²) < 4.78 is 87.9. The number of likely N-dealkylation sites (tertiary alicyclic amines) is 1. The van der Waals surface area contributed by atoms with Gasteiger partial charge in [0.1, 0.15) is 12.4 Å². The molecule has 6 atom stereocenters. The first kappa shape index (κ1) is 34.7. The number of halogens is 9. The molecule has 6 unspecified atom stereocenters. The van der Waals surface area contributed by atoms with Crippen molar-refractivity contribution in [3.05, 3.63) is 70.8 Å². The zero-order chi connectivity index (χ0) is 35.1. The summed E-state index contributed by atoms with van der Waals surface area (Å²) in [4.78, 5) is 52.3. The van der Waals surface area contributed by atoms with Crippen molar-refractivity contribution in [1.29, 1.82) is 0 Å². The van der Waals surface area contributed by atoms with Gasteiger partial charge in [0, 0.05) is 11.5 Å². The zero-order valence-corrected chi connectivity index (χ0v) is 27.3. The van der Waals surface area contributed by atoms with Crippen LogP contribution in [0.25, 0.3) is 0 Å². The van der Waals surface area contributed by atoms with Crippen LogP contribution in [0, 0.1) is 17.8 Å². The highest BCUT2D eigenvalue weighted by Crippen LogP contribution is 2.66. The maximum atomic E-state index is 14.1. The van der Waals surface area contributed by atoms with E-state index in [0.29, 0.717) is 22.6 Å². The number of ether oxygens (including phenoxy) is 1. The molecule has 4 aliphatic rings. The van der Waals surface area contributed by atoms with E-state index in [1.165, 1.54) is 6.07 Å². The summed E-state index contributed by atoms with van der Waals surface area (Å²) >= 11 is 17.4. The van der Waals surface area contributed by atoms with Crippen LogP contribution in [0.4, 0.5) is 32.0 Å². The number of amides is 4. The molecule has 0 aromatic heterocycles. The quantitative estimate of drug-likeness (QED) is 0.127. The van der Waals surface area contributed by atoms with Crippen molar-refractivity contribution in [2.24, 2.45) is 17.8 Å². The van der Waals surface area contributed by atoms with E-state index in [9.17, 15) is 50.6 Å². The van der Waals surface area contributed by atoms with Gasteiger partial charge in [-0.15, -0.1) is 23.2 Å². The molecule has 1 N–H and O–H groups in total. The minimum Gasteiger partial charge on any atom is -0.491 e. The Morgan fingerprint density at radius 2 is 1.54 bits per heavy atom. The summed E-state index contributed by atoms with van der Waals surface area (Å²) in [5, 5.41) is 9.41. The second-order valence-electron chi connectivity index (χ2n) is 11.9. The molecule has 2 aromatic rings. The van der Waals surface area contributed by atoms with Gasteiger partial charge < -0.3 is 9.84 Å². The molecular formula is C31H23BrCl2F6N2O6. The van der Waals surface area contributed by atoms with E-state index in [1.807, 2.05) is 0 Å². The minimum atomic E-state index is -5.24. The Bertz CT molecular complexity index is 1740. The van der Waals surface area contributed by atoms with Gasteiger partial charge in [-0.2, -0.15) is 26.3 Å². The van der Waals surface area contributed by atoms with Crippen LogP contribution < -0.4 is 9.64 Å². The summed E-state index contributed by atoms with van der Waals surface area (Å²) in [5.41, 5.74) is -4.04. The van der Waals surface area contributed by atoms with E-state index < -0.39 is 92.6 Å². The molecule has 2 saturated heterocycles. The molecule has 4 amide bonds. The fraction of sp³-hybridized carbons (Fsp3) is 0.419. The summed E-state index contributed by atoms with van der Waals surface area (Å²) in [7, 11) is 0. The number of aliphatic hydroxyl groups excluding tert-OH is 1. The first-order chi connectivity index (χ1) is 22.4. The number of anilines is 1. The lowest BCUT2D eigenvalue weighted by molar-refractivity contribution is -0.143. The first-order valence-electron chi connectivity index (χ1n) is 14.4. The largest absolute Gasteiger partial charge is 0.491 e. The van der Waals surface area contributed by atoms with E-state index >= 15 is 0 Å². The van der Waals surface area contributed by atoms with Crippen LogP contribution in [0.5, 0.6) is 5.75 Å². The van der Waals surface area contributed by atoms with Crippen LogP contribution in [-0.2, 0) is 31.5 Å². The van der Waals surface area contributed by atoms with Crippen molar-refractivity contribution in [2.75, 3.05) is 23.6 Å². The predicted molar refractivity (Wildman–Crippen MR) is 161 cm³/mol. The molecule has 2 aliphatic heterocycles. The van der Waals surface area contributed by atoms with Gasteiger partial charge >= 0.3 is 12.4 Å². The molecule has 6 rings (SSSR count). The Hall–Kier alpha value is -3.14. The molecule has 8 nitrogen and oxygen atoms in total. The van der Waals surface area contributed by atoms with E-state index in [-0.39, 0.29) is 42.5 Å². The van der Waals surface area contributed by atoms with Crippen LogP contribution in [0.15, 0.2) is 54.1 Å². The number of fused-ring (bicyclic) bond motifs is 4. The zero-order valence-electron chi connectivity index (χ0n) is 24.2. The lowest BCUT2D eigenvalue weighted by atomic mass is 9.56. The normalized spacial score (nSPS) is 30.3. The molecule has 2 aromatic carbocycles. The van der Waals surface area contributed by atoms with Crippen LogP contribution >= 0.6 is 39.1 Å². The molecule has 0 bridgehead atoms. The van der Waals surface area contributed by atoms with Gasteiger partial charge in [0.15, 0.2) is 9.75 Å². The van der Waals surface area contributed by atoms with E-state index in [4.69, 9.17) is 27.9 Å². The number of allylic oxidation sites excluding steroid dienone is 2. The van der Waals surface area contributed by atoms with Crippen molar-refractivity contribution >= 4 is 68.4 Å². The molecule has 256 valence electrons. The minimum absolute atomic E-state index is 0.112. The van der Waals surface area contributed by atoms with Gasteiger partial charge in [0.2, 0.25) is 11.8 Å². The van der Waals surface area contributed by atoms with Crippen LogP contribution in [0.3, 0.4) is 0 Å². The van der Waals surface area contributed by atoms with Crippen LogP contribution in [0.1, 0.15) is 35.4 Å². The van der Waals surface area contributed by atoms with Crippen molar-refractivity contribution in [3.63, 3.8) is 0 Å². The van der Waals surface area contributed by atoms with Crippen molar-refractivity contribution in [1.82, 2.24) is 4.90 Å². The number of rotatable bonds is 6. The molecule has 3 fully saturated rings. The maximum absolute atomic E-state index is 14.1. The van der Waals surface area contributed by atoms with Gasteiger partial charge in [0.05, 0.1) is 40.7 Å². The third kappa shape index (κ3) is 4.98. The molecule has 0 radical (unpaired) electrons. The van der Waals surface area contributed by atoms with Gasteiger partial charge in [0.25, 0.3) is 11.8 Å². The number of aliphatic hydroxyl groups is 1. The molecule has 2 aliphatic carbocycles. The number of carbonyl (C=O) groups is 4. The molecule has 2 heterocycles. The van der Waals surface area contributed by atoms with Crippen LogP contribution in [0.2, 0.25) is 0 Å². The number of carbonyl (C=O) groups excluding carboxylic acids is 4. The number of imide groups is 2. The Morgan fingerprint density at radius 3 is 2.12 bits per heavy atom. The van der Waals surface area contributed by atoms with Crippen LogP contribution in [-0.4, -0.2) is 62.1 Å². The standard InChI is InChI=1S/C31H23BrCl2F6N2O6/c32-13-41-26(46)28(33)12-20-17(23(29(28,34)27(41)47)18-3-1-2-4-21(18)48-8-7-43)5-6-19-22(20)25(45)42(24(19)44)16-10-14(30(35,36)37)9-15(11-16)31(38,39)40/h1-5,9-11,19-20,22-23,43H,6-8,12-13H2. The molecule has 48 heavy (non-hydrogen) atoms. The van der Waals surface area contributed by atoms with Gasteiger partial charge in [-0.05, 0) is 43.0 Å². The fourth-order valence-electron chi connectivity index (χ4n) is 7.43. The van der Waals surface area contributed by atoms with E-state index in [2.05, 4.69) is 15.9 Å². The van der Waals surface area contributed by atoms with Crippen molar-refractivity contribution in [2.45, 2.75) is 40.9 Å². The SMILES string of the molecule is O=C1C2CC=C3C(CC4(Cl)C(=O)N(CBr)C(=O)C4(Cl)C3c3ccccc3OCCO)C2C(=O)N1c1cc(C(F)(F)F)cc(C(F)(F)F)c1. The Labute approximate surface area is 286 Å². The Balaban J connectivity index is 1.51. The molecule has 1 saturated carbocycles. The summed E-state index contributed by atoms with van der Waals surface area (Å²) in [6.45, 7) is -0.552. The summed E-state index contributed by atoms with van der Waals surface area (Å²) in [5.74, 6) is -8.70. The topological polar surface area (TPSA) is 104 Å². The predicted octanol–water partition coefficient (Wildman–Crippen LogP) is 6.01. The number of alkyl halides is 9. The highest BCUT2D eigenvalue weighted by atomic mass is 79.9. The smallest absolute Gasteiger partial charge is 0.416 e. The van der Waals surface area contributed by atoms with Gasteiger partial charge in [-0.1, -0.05) is 45.8 Å². The number of hydrogen-bond acceptors (Lipinski definition) is 6. The Morgan fingerprint density at radius 1 is 0.917 bits per heavy atom. The average Bonchev–Trinajstić information content (AvgIpc) is 3.36. The first-order valence-corrected chi connectivity index (χ1v) is 16.3. The van der Waals surface area contributed by atoms with Crippen molar-refractivity contribution in [3.8, 4) is 5.75 Å². The second kappa shape index (κ2) is 11.7. The number of nitrogens with zero attached hydrogens (tertiary/aromatic N) is 2. The highest BCUT2D eigenvalue weighted by molar-refractivity contribution is 9.09. The number of hydrogen-bond donors (Lipinski definition) is 1. The molecule has 0 spiro atoms. The third-order valence-electron chi connectivity index (χ3n) is 9.42. The number of para-hydroxylation sites is 1. The lowest BCUT2D eigenvalue weighted by Crippen LogP contribution is -2.60. The fourth-order valence-corrected chi connectivity index (χ4v) is 8.84. The molecule has 17 heteroatoms. The van der Waals surface area contributed by atoms with E-state index in [0.717, 1.165) is 4.90 Å². The van der Waals surface area contributed by atoms with Gasteiger partial charge in [-0.3, -0.25) is 24.1 Å². The molecular weight excluding hydrogens is 761 g/mol. The Kier molecular flexibility index (Phi) is 8.49. The lowest BCUT2D eigenvalue weighted by Gasteiger charge is -2.51. The third-order valence-corrected chi connectivity index (χ3v) is 11.3. The van der Waals surface area contributed by atoms with Gasteiger partial charge in [-0.25, -0.2) is 4.90 Å². The monoisotopic (exact) mass is 782 g/mol. The van der Waals surface area contributed by atoms with Crippen molar-refractivity contribution < 1.29 is 55.4 Å². The van der Waals surface area contributed by atoms with E-state index in [1.54, 1.807) is 24.3 Å². The average molecular weight is 784 g/mol. The summed E-state index contributed by atoms with van der Waals surface area (Å²) in [6, 6.07) is 6.76. The second-order valence-corrected chi connectivity index (χ2v) is 13.6. The highest BCUT2D eigenvalue weighted by Gasteiger charge is 2.76.